The maximum absolute atomic E-state index is 6.04. The zero-order valence-electron chi connectivity index (χ0n) is 15.5. The molecular formula is C18H32IN3O2. The molecule has 24 heavy (non-hydrogen) atoms. The second-order valence-corrected chi connectivity index (χ2v) is 5.56. The fraction of sp³-hybridized carbons (Fsp3) is 0.611. The van der Waals surface area contributed by atoms with E-state index in [2.05, 4.69) is 61.5 Å². The number of ether oxygens (including phenoxy) is 2. The van der Waals surface area contributed by atoms with Gasteiger partial charge in [-0.1, -0.05) is 19.1 Å². The molecule has 0 aliphatic carbocycles. The van der Waals surface area contributed by atoms with E-state index in [1.807, 2.05) is 0 Å². The van der Waals surface area contributed by atoms with E-state index in [-0.39, 0.29) is 30.1 Å². The van der Waals surface area contributed by atoms with Gasteiger partial charge in [-0.25, -0.2) is 4.99 Å². The molecule has 1 rings (SSSR count). The molecule has 0 aromatic heterocycles. The van der Waals surface area contributed by atoms with Crippen LogP contribution in [0, 0.1) is 6.92 Å². The molecule has 0 spiro atoms. The van der Waals surface area contributed by atoms with Crippen molar-refractivity contribution in [3.05, 3.63) is 29.3 Å². The third-order valence-corrected chi connectivity index (χ3v) is 3.48. The predicted octanol–water partition coefficient (Wildman–Crippen LogP) is 3.49. The molecule has 0 heterocycles. The third kappa shape index (κ3) is 8.73. The monoisotopic (exact) mass is 449 g/mol. The van der Waals surface area contributed by atoms with Gasteiger partial charge in [0.25, 0.3) is 0 Å². The minimum Gasteiger partial charge on any atom is -0.490 e. The summed E-state index contributed by atoms with van der Waals surface area (Å²) in [5, 5.41) is 6.48. The highest BCUT2D eigenvalue weighted by Crippen LogP contribution is 2.23. The molecule has 0 amide bonds. The molecule has 1 aromatic carbocycles. The number of hydrogen-bond acceptors (Lipinski definition) is 3. The van der Waals surface area contributed by atoms with E-state index in [0.717, 1.165) is 36.8 Å². The van der Waals surface area contributed by atoms with Crippen LogP contribution in [0.15, 0.2) is 23.2 Å². The number of methoxy groups -OCH3 is 1. The average Bonchev–Trinajstić information content (AvgIpc) is 2.54. The van der Waals surface area contributed by atoms with Gasteiger partial charge in [-0.15, -0.1) is 24.0 Å². The van der Waals surface area contributed by atoms with E-state index in [0.29, 0.717) is 13.2 Å². The molecule has 0 saturated carbocycles. The molecule has 0 saturated heterocycles. The quantitative estimate of drug-likeness (QED) is 0.262. The molecular weight excluding hydrogens is 417 g/mol. The zero-order chi connectivity index (χ0) is 17.1. The molecule has 0 radical (unpaired) electrons. The van der Waals surface area contributed by atoms with E-state index in [4.69, 9.17) is 9.47 Å². The Morgan fingerprint density at radius 3 is 2.62 bits per heavy atom. The third-order valence-electron chi connectivity index (χ3n) is 3.48. The predicted molar refractivity (Wildman–Crippen MR) is 112 cm³/mol. The van der Waals surface area contributed by atoms with Crippen molar-refractivity contribution in [3.8, 4) is 5.75 Å². The molecule has 0 aliphatic rings. The van der Waals surface area contributed by atoms with Crippen LogP contribution in [0.25, 0.3) is 0 Å². The lowest BCUT2D eigenvalue weighted by Crippen LogP contribution is -2.38. The Bertz CT molecular complexity index is 495. The van der Waals surface area contributed by atoms with Gasteiger partial charge in [0.2, 0.25) is 0 Å². The van der Waals surface area contributed by atoms with Gasteiger partial charge in [-0.3, -0.25) is 0 Å². The average molecular weight is 449 g/mol. The Labute approximate surface area is 163 Å². The normalized spacial score (nSPS) is 12.3. The summed E-state index contributed by atoms with van der Waals surface area (Å²) in [7, 11) is 1.69. The number of benzene rings is 1. The molecule has 1 atom stereocenters. The molecule has 6 heteroatoms. The lowest BCUT2D eigenvalue weighted by atomic mass is 10.1. The molecule has 0 aliphatic heterocycles. The Morgan fingerprint density at radius 2 is 2.00 bits per heavy atom. The summed E-state index contributed by atoms with van der Waals surface area (Å²) >= 11 is 0. The second kappa shape index (κ2) is 13.3. The highest BCUT2D eigenvalue weighted by Gasteiger charge is 2.08. The molecule has 5 nitrogen and oxygen atoms in total. The van der Waals surface area contributed by atoms with E-state index < -0.39 is 0 Å². The van der Waals surface area contributed by atoms with Crippen LogP contribution in [0.3, 0.4) is 0 Å². The summed E-state index contributed by atoms with van der Waals surface area (Å²) in [6.45, 7) is 11.1. The number of nitrogens with one attached hydrogen (secondary N) is 2. The standard InChI is InChI=1S/C18H31N3O2.HI/c1-6-15(4)23-17-12-14(3)8-9-16(17)13-21-18(19-7-2)20-10-11-22-5;/h8-9,12,15H,6-7,10-11,13H2,1-5H3,(H2,19,20,21);1H. The first kappa shape index (κ1) is 23.0. The minimum atomic E-state index is 0. The van der Waals surface area contributed by atoms with Crippen molar-refractivity contribution < 1.29 is 9.47 Å². The molecule has 0 bridgehead atoms. The van der Waals surface area contributed by atoms with Crippen LogP contribution in [-0.4, -0.2) is 38.9 Å². The lowest BCUT2D eigenvalue weighted by molar-refractivity contribution is 0.203. The molecule has 0 fully saturated rings. The van der Waals surface area contributed by atoms with Crippen LogP contribution in [0.2, 0.25) is 0 Å². The summed E-state index contributed by atoms with van der Waals surface area (Å²) in [4.78, 5) is 4.64. The van der Waals surface area contributed by atoms with Crippen molar-refractivity contribution >= 4 is 29.9 Å². The van der Waals surface area contributed by atoms with Crippen LogP contribution in [0.5, 0.6) is 5.75 Å². The number of aryl methyl sites for hydroxylation is 1. The molecule has 1 aromatic rings. The van der Waals surface area contributed by atoms with Gasteiger partial charge in [-0.2, -0.15) is 0 Å². The largest absolute Gasteiger partial charge is 0.490 e. The van der Waals surface area contributed by atoms with Crippen LogP contribution in [0.4, 0.5) is 0 Å². The summed E-state index contributed by atoms with van der Waals surface area (Å²) in [5.41, 5.74) is 2.29. The Hall–Kier alpha value is -1.02. The molecule has 138 valence electrons. The fourth-order valence-electron chi connectivity index (χ4n) is 1.98. The van der Waals surface area contributed by atoms with Gasteiger partial charge in [0, 0.05) is 25.8 Å². The number of guanidine groups is 1. The number of hydrogen-bond donors (Lipinski definition) is 2. The summed E-state index contributed by atoms with van der Waals surface area (Å²) < 4.78 is 11.1. The maximum atomic E-state index is 6.04. The number of aliphatic imine (C=N–C) groups is 1. The Morgan fingerprint density at radius 1 is 1.25 bits per heavy atom. The highest BCUT2D eigenvalue weighted by molar-refractivity contribution is 14.0. The zero-order valence-corrected chi connectivity index (χ0v) is 17.8. The summed E-state index contributed by atoms with van der Waals surface area (Å²) in [6, 6.07) is 6.27. The van der Waals surface area contributed by atoms with Crippen molar-refractivity contribution in [2.24, 2.45) is 4.99 Å². The summed E-state index contributed by atoms with van der Waals surface area (Å²) in [6.07, 6.45) is 1.19. The van der Waals surface area contributed by atoms with E-state index in [1.54, 1.807) is 7.11 Å². The van der Waals surface area contributed by atoms with Crippen LogP contribution >= 0.6 is 24.0 Å². The van der Waals surface area contributed by atoms with E-state index >= 15 is 0 Å². The number of rotatable bonds is 9. The van der Waals surface area contributed by atoms with Crippen molar-refractivity contribution in [3.63, 3.8) is 0 Å². The SMILES string of the molecule is CCNC(=NCc1ccc(C)cc1OC(C)CC)NCCOC.I. The van der Waals surface area contributed by atoms with Crippen LogP contribution in [-0.2, 0) is 11.3 Å². The minimum absolute atomic E-state index is 0. The van der Waals surface area contributed by atoms with Crippen molar-refractivity contribution in [2.45, 2.75) is 46.8 Å². The second-order valence-electron chi connectivity index (χ2n) is 5.56. The van der Waals surface area contributed by atoms with E-state index in [9.17, 15) is 0 Å². The Kier molecular flexibility index (Phi) is 12.7. The smallest absolute Gasteiger partial charge is 0.191 e. The lowest BCUT2D eigenvalue weighted by Gasteiger charge is -2.17. The van der Waals surface area contributed by atoms with Gasteiger partial charge in [0.15, 0.2) is 5.96 Å². The van der Waals surface area contributed by atoms with Gasteiger partial charge in [0.1, 0.15) is 5.75 Å². The molecule has 1 unspecified atom stereocenters. The first-order valence-electron chi connectivity index (χ1n) is 8.38. The summed E-state index contributed by atoms with van der Waals surface area (Å²) in [5.74, 6) is 1.72. The van der Waals surface area contributed by atoms with Gasteiger partial charge in [-0.05, 0) is 38.8 Å². The first-order valence-corrected chi connectivity index (χ1v) is 8.38. The Balaban J connectivity index is 0.00000529. The highest BCUT2D eigenvalue weighted by atomic mass is 127. The van der Waals surface area contributed by atoms with Crippen molar-refractivity contribution in [2.75, 3.05) is 26.8 Å². The van der Waals surface area contributed by atoms with Crippen molar-refractivity contribution in [1.82, 2.24) is 10.6 Å². The number of halogens is 1. The fourth-order valence-corrected chi connectivity index (χ4v) is 1.98. The van der Waals surface area contributed by atoms with Crippen LogP contribution in [0.1, 0.15) is 38.3 Å². The van der Waals surface area contributed by atoms with E-state index in [1.165, 1.54) is 5.56 Å². The van der Waals surface area contributed by atoms with Gasteiger partial charge >= 0.3 is 0 Å². The maximum Gasteiger partial charge on any atom is 0.191 e. The van der Waals surface area contributed by atoms with Gasteiger partial charge in [0.05, 0.1) is 19.3 Å². The van der Waals surface area contributed by atoms with Crippen molar-refractivity contribution in [1.29, 1.82) is 0 Å². The van der Waals surface area contributed by atoms with Gasteiger partial charge < -0.3 is 20.1 Å². The number of nitrogens with zero attached hydrogens (tertiary/aromatic N) is 1. The topological polar surface area (TPSA) is 54.9 Å². The molecule has 2 N–H and O–H groups in total. The first-order chi connectivity index (χ1) is 11.1. The van der Waals surface area contributed by atoms with Crippen LogP contribution < -0.4 is 15.4 Å².